The first-order valence-electron chi connectivity index (χ1n) is 3.61. The van der Waals surface area contributed by atoms with Gasteiger partial charge < -0.3 is 5.73 Å². The average molecular weight is 179 g/mol. The molecule has 0 aromatic rings. The fourth-order valence-electron chi connectivity index (χ4n) is 1.36. The molecule has 0 aromatic carbocycles. The first kappa shape index (κ1) is 8.96. The lowest BCUT2D eigenvalue weighted by Crippen LogP contribution is -2.41. The van der Waals surface area contributed by atoms with Crippen LogP contribution in [0.2, 0.25) is 0 Å². The van der Waals surface area contributed by atoms with Gasteiger partial charge in [-0.25, -0.2) is 4.18 Å². The van der Waals surface area contributed by atoms with Crippen LogP contribution in [0.5, 0.6) is 0 Å². The lowest BCUT2D eigenvalue weighted by Gasteiger charge is -2.21. The summed E-state index contributed by atoms with van der Waals surface area (Å²) in [5, 5.41) is 0. The molecule has 0 aromatic heterocycles. The van der Waals surface area contributed by atoms with Crippen LogP contribution in [0.1, 0.15) is 25.7 Å². The molecule has 11 heavy (non-hydrogen) atoms. The van der Waals surface area contributed by atoms with Gasteiger partial charge in [0.1, 0.15) is 5.72 Å². The monoisotopic (exact) mass is 179 g/mol. The van der Waals surface area contributed by atoms with E-state index in [0.717, 1.165) is 19.1 Å². The number of rotatable bonds is 2. The van der Waals surface area contributed by atoms with E-state index in [1.165, 1.54) is 0 Å². The van der Waals surface area contributed by atoms with E-state index in [0.29, 0.717) is 12.8 Å². The van der Waals surface area contributed by atoms with Crippen molar-refractivity contribution in [3.05, 3.63) is 0 Å². The molecule has 66 valence electrons. The molecule has 0 amide bonds. The summed E-state index contributed by atoms with van der Waals surface area (Å²) in [6.07, 6.45) is 4.21. The highest BCUT2D eigenvalue weighted by atomic mass is 32.2. The van der Waals surface area contributed by atoms with Crippen LogP contribution < -0.4 is 5.73 Å². The molecule has 0 atom stereocenters. The van der Waals surface area contributed by atoms with E-state index >= 15 is 0 Å². The quantitative estimate of drug-likeness (QED) is 0.485. The summed E-state index contributed by atoms with van der Waals surface area (Å²) in [6.45, 7) is 0. The van der Waals surface area contributed by atoms with E-state index in [2.05, 4.69) is 0 Å². The van der Waals surface area contributed by atoms with Crippen molar-refractivity contribution in [1.29, 1.82) is 0 Å². The lowest BCUT2D eigenvalue weighted by molar-refractivity contribution is 0.0931. The molecule has 1 aliphatic rings. The van der Waals surface area contributed by atoms with E-state index in [1.54, 1.807) is 0 Å². The highest BCUT2D eigenvalue weighted by Gasteiger charge is 2.33. The minimum absolute atomic E-state index is 0.639. The van der Waals surface area contributed by atoms with Crippen LogP contribution in [-0.2, 0) is 14.3 Å². The maximum atomic E-state index is 10.7. The fraction of sp³-hybridized carbons (Fsp3) is 1.00. The van der Waals surface area contributed by atoms with Crippen molar-refractivity contribution in [2.75, 3.05) is 6.26 Å². The standard InChI is InChI=1S/C6H13NO3S/c1-11(8,9)10-6(7)4-2-3-5-6/h2-5,7H2,1H3. The summed E-state index contributed by atoms with van der Waals surface area (Å²) < 4.78 is 26.1. The van der Waals surface area contributed by atoms with Crippen LogP contribution in [0.4, 0.5) is 0 Å². The maximum Gasteiger partial charge on any atom is 0.266 e. The zero-order valence-electron chi connectivity index (χ0n) is 6.54. The van der Waals surface area contributed by atoms with Crippen LogP contribution >= 0.6 is 0 Å². The Bertz CT molecular complexity index is 228. The second-order valence-electron chi connectivity index (χ2n) is 3.06. The molecular formula is C6H13NO3S. The third-order valence-electron chi connectivity index (χ3n) is 1.77. The molecule has 1 saturated carbocycles. The topological polar surface area (TPSA) is 69.4 Å². The van der Waals surface area contributed by atoms with Crippen molar-refractivity contribution in [3.63, 3.8) is 0 Å². The van der Waals surface area contributed by atoms with Gasteiger partial charge in [0.2, 0.25) is 0 Å². The zero-order chi connectivity index (χ0) is 8.54. The van der Waals surface area contributed by atoms with Gasteiger partial charge in [-0.15, -0.1) is 0 Å². The second kappa shape index (κ2) is 2.73. The molecule has 4 nitrogen and oxygen atoms in total. The molecule has 0 spiro atoms. The predicted octanol–water partition coefficient (Wildman–Crippen LogP) is 0.192. The van der Waals surface area contributed by atoms with E-state index in [4.69, 9.17) is 9.92 Å². The van der Waals surface area contributed by atoms with Crippen molar-refractivity contribution < 1.29 is 12.6 Å². The largest absolute Gasteiger partial charge is 0.302 e. The minimum Gasteiger partial charge on any atom is -0.302 e. The predicted molar refractivity (Wildman–Crippen MR) is 41.3 cm³/mol. The van der Waals surface area contributed by atoms with E-state index in [9.17, 15) is 8.42 Å². The molecule has 1 aliphatic carbocycles. The summed E-state index contributed by atoms with van der Waals surface area (Å²) in [6, 6.07) is 0. The van der Waals surface area contributed by atoms with Gasteiger partial charge in [0.05, 0.1) is 6.26 Å². The Labute approximate surface area is 66.8 Å². The maximum absolute atomic E-state index is 10.7. The average Bonchev–Trinajstić information content (AvgIpc) is 2.09. The number of nitrogens with two attached hydrogens (primary N) is 1. The van der Waals surface area contributed by atoms with Gasteiger partial charge in [0, 0.05) is 0 Å². The molecule has 1 fully saturated rings. The van der Waals surface area contributed by atoms with Crippen LogP contribution in [0.3, 0.4) is 0 Å². The Morgan fingerprint density at radius 2 is 1.82 bits per heavy atom. The summed E-state index contributed by atoms with van der Waals surface area (Å²) in [7, 11) is -3.39. The lowest BCUT2D eigenvalue weighted by atomic mass is 10.2. The van der Waals surface area contributed by atoms with Crippen LogP contribution in [0, 0.1) is 0 Å². The van der Waals surface area contributed by atoms with Crippen molar-refractivity contribution in [1.82, 2.24) is 0 Å². The molecule has 0 unspecified atom stereocenters. The highest BCUT2D eigenvalue weighted by molar-refractivity contribution is 7.86. The van der Waals surface area contributed by atoms with Gasteiger partial charge in [-0.1, -0.05) is 0 Å². The fourth-order valence-corrected chi connectivity index (χ4v) is 2.13. The second-order valence-corrected chi connectivity index (χ2v) is 4.63. The first-order chi connectivity index (χ1) is 4.91. The number of hydrogen-bond donors (Lipinski definition) is 1. The Morgan fingerprint density at radius 1 is 1.36 bits per heavy atom. The molecule has 0 radical (unpaired) electrons. The highest BCUT2D eigenvalue weighted by Crippen LogP contribution is 2.29. The third kappa shape index (κ3) is 2.76. The molecule has 0 aliphatic heterocycles. The van der Waals surface area contributed by atoms with Crippen LogP contribution in [0.15, 0.2) is 0 Å². The molecule has 1 rings (SSSR count). The summed E-state index contributed by atoms with van der Waals surface area (Å²) in [4.78, 5) is 0. The summed E-state index contributed by atoms with van der Waals surface area (Å²) >= 11 is 0. The molecule has 2 N–H and O–H groups in total. The number of hydrogen-bond acceptors (Lipinski definition) is 4. The third-order valence-corrected chi connectivity index (χ3v) is 2.40. The smallest absolute Gasteiger partial charge is 0.266 e. The normalized spacial score (nSPS) is 23.8. The SMILES string of the molecule is CS(=O)(=O)OC1(N)CCCC1. The zero-order valence-corrected chi connectivity index (χ0v) is 7.36. The van der Waals surface area contributed by atoms with Gasteiger partial charge in [-0.2, -0.15) is 8.42 Å². The Morgan fingerprint density at radius 3 is 2.18 bits per heavy atom. The van der Waals surface area contributed by atoms with Gasteiger partial charge in [0.25, 0.3) is 10.1 Å². The van der Waals surface area contributed by atoms with Gasteiger partial charge >= 0.3 is 0 Å². The van der Waals surface area contributed by atoms with E-state index < -0.39 is 15.8 Å². The Balaban J connectivity index is 2.60. The molecule has 0 heterocycles. The molecular weight excluding hydrogens is 166 g/mol. The molecule has 0 saturated heterocycles. The van der Waals surface area contributed by atoms with E-state index in [1.807, 2.05) is 0 Å². The summed E-state index contributed by atoms with van der Waals surface area (Å²) in [5.74, 6) is 0. The van der Waals surface area contributed by atoms with Gasteiger partial charge in [0.15, 0.2) is 0 Å². The molecule has 0 bridgehead atoms. The van der Waals surface area contributed by atoms with Gasteiger partial charge in [-0.3, -0.25) is 0 Å². The Hall–Kier alpha value is -0.130. The molecule has 5 heteroatoms. The first-order valence-corrected chi connectivity index (χ1v) is 5.42. The van der Waals surface area contributed by atoms with Gasteiger partial charge in [-0.05, 0) is 25.7 Å². The van der Waals surface area contributed by atoms with Crippen molar-refractivity contribution in [2.24, 2.45) is 5.73 Å². The minimum atomic E-state index is -3.39. The van der Waals surface area contributed by atoms with Crippen LogP contribution in [-0.4, -0.2) is 20.4 Å². The van der Waals surface area contributed by atoms with Crippen molar-refractivity contribution in [3.8, 4) is 0 Å². The Kier molecular flexibility index (Phi) is 2.22. The van der Waals surface area contributed by atoms with E-state index in [-0.39, 0.29) is 0 Å². The van der Waals surface area contributed by atoms with Crippen molar-refractivity contribution >= 4 is 10.1 Å². The van der Waals surface area contributed by atoms with Crippen LogP contribution in [0.25, 0.3) is 0 Å². The van der Waals surface area contributed by atoms with Crippen molar-refractivity contribution in [2.45, 2.75) is 31.4 Å². The summed E-state index contributed by atoms with van der Waals surface area (Å²) in [5.41, 5.74) is 4.73.